The molecule has 0 spiro atoms. The molecule has 1 aromatic rings. The van der Waals surface area contributed by atoms with Crippen molar-refractivity contribution in [3.05, 3.63) is 22.9 Å². The van der Waals surface area contributed by atoms with Gasteiger partial charge in [-0.15, -0.1) is 0 Å². The van der Waals surface area contributed by atoms with Crippen LogP contribution in [0.4, 0.5) is 13.2 Å². The lowest BCUT2D eigenvalue weighted by Gasteiger charge is -2.16. The standard InChI is InChI=1S/C10H7F3N2S/c11-10(12,13)7-3-8(5-1-2-5)15-9(16)6(7)4-14/h3,5H,1-2H2,(H,15,16)/p-1. The first-order chi connectivity index (χ1) is 7.43. The zero-order valence-corrected chi connectivity index (χ0v) is 8.82. The van der Waals surface area contributed by atoms with E-state index in [0.717, 1.165) is 18.9 Å². The molecule has 0 aromatic carbocycles. The summed E-state index contributed by atoms with van der Waals surface area (Å²) >= 11 is 4.71. The predicted octanol–water partition coefficient (Wildman–Crippen LogP) is 2.76. The van der Waals surface area contributed by atoms with Gasteiger partial charge in [0.05, 0.1) is 17.2 Å². The van der Waals surface area contributed by atoms with E-state index in [2.05, 4.69) is 4.98 Å². The number of halogens is 3. The summed E-state index contributed by atoms with van der Waals surface area (Å²) in [6.45, 7) is 0. The third kappa shape index (κ3) is 1.95. The van der Waals surface area contributed by atoms with Gasteiger partial charge in [-0.3, -0.25) is 4.98 Å². The van der Waals surface area contributed by atoms with Crippen molar-refractivity contribution < 1.29 is 13.2 Å². The average Bonchev–Trinajstić information content (AvgIpc) is 2.98. The molecule has 0 amide bonds. The van der Waals surface area contributed by atoms with Gasteiger partial charge in [-0.05, 0) is 18.9 Å². The molecule has 0 bridgehead atoms. The quantitative estimate of drug-likeness (QED) is 0.711. The van der Waals surface area contributed by atoms with Crippen LogP contribution in [0.2, 0.25) is 0 Å². The Hall–Kier alpha value is -1.35. The molecule has 0 aliphatic heterocycles. The van der Waals surface area contributed by atoms with Gasteiger partial charge in [0, 0.05) is 11.6 Å². The highest BCUT2D eigenvalue weighted by molar-refractivity contribution is 7.58. The van der Waals surface area contributed by atoms with Crippen LogP contribution in [0.25, 0.3) is 0 Å². The van der Waals surface area contributed by atoms with Crippen molar-refractivity contribution >= 4 is 12.6 Å². The number of nitrogens with zero attached hydrogens (tertiary/aromatic N) is 2. The van der Waals surface area contributed by atoms with Crippen LogP contribution in [0.3, 0.4) is 0 Å². The number of pyridine rings is 1. The Kier molecular flexibility index (Phi) is 2.50. The normalized spacial score (nSPS) is 15.9. The van der Waals surface area contributed by atoms with Gasteiger partial charge < -0.3 is 12.6 Å². The number of hydrogen-bond acceptors (Lipinski definition) is 3. The highest BCUT2D eigenvalue weighted by Gasteiger charge is 2.36. The van der Waals surface area contributed by atoms with Crippen LogP contribution in [0.15, 0.2) is 11.1 Å². The van der Waals surface area contributed by atoms with Gasteiger partial charge in [0.25, 0.3) is 0 Å². The molecule has 1 aromatic heterocycles. The molecule has 0 radical (unpaired) electrons. The maximum absolute atomic E-state index is 12.7. The van der Waals surface area contributed by atoms with Crippen molar-refractivity contribution in [3.63, 3.8) is 0 Å². The average molecular weight is 243 g/mol. The van der Waals surface area contributed by atoms with Crippen LogP contribution in [0.5, 0.6) is 0 Å². The smallest absolute Gasteiger partial charge is 0.417 e. The summed E-state index contributed by atoms with van der Waals surface area (Å²) < 4.78 is 38.0. The summed E-state index contributed by atoms with van der Waals surface area (Å²) in [7, 11) is 0. The van der Waals surface area contributed by atoms with E-state index < -0.39 is 17.3 Å². The van der Waals surface area contributed by atoms with Gasteiger partial charge in [0.1, 0.15) is 0 Å². The van der Waals surface area contributed by atoms with Gasteiger partial charge >= 0.3 is 6.18 Å². The summed E-state index contributed by atoms with van der Waals surface area (Å²) in [6, 6.07) is 2.42. The molecule has 6 heteroatoms. The van der Waals surface area contributed by atoms with Crippen molar-refractivity contribution in [2.24, 2.45) is 0 Å². The van der Waals surface area contributed by atoms with Crippen molar-refractivity contribution in [3.8, 4) is 6.07 Å². The minimum absolute atomic E-state index is 0.0792. The summed E-state index contributed by atoms with van der Waals surface area (Å²) in [6.07, 6.45) is -2.87. The maximum atomic E-state index is 12.7. The Balaban J connectivity index is 2.59. The molecule has 2 rings (SSSR count). The highest BCUT2D eigenvalue weighted by atomic mass is 32.1. The number of aromatic nitrogens is 1. The molecule has 0 N–H and O–H groups in total. The lowest BCUT2D eigenvalue weighted by atomic mass is 10.1. The Morgan fingerprint density at radius 3 is 2.50 bits per heavy atom. The second kappa shape index (κ2) is 3.59. The summed E-state index contributed by atoms with van der Waals surface area (Å²) in [5.74, 6) is 0.0792. The van der Waals surface area contributed by atoms with Crippen molar-refractivity contribution in [2.45, 2.75) is 30.0 Å². The molecule has 16 heavy (non-hydrogen) atoms. The fourth-order valence-electron chi connectivity index (χ4n) is 1.46. The number of rotatable bonds is 1. The van der Waals surface area contributed by atoms with Crippen molar-refractivity contribution in [1.82, 2.24) is 4.98 Å². The molecule has 0 unspecified atom stereocenters. The fraction of sp³-hybridized carbons (Fsp3) is 0.400. The molecule has 1 aliphatic carbocycles. The van der Waals surface area contributed by atoms with Crippen LogP contribution in [0.1, 0.15) is 35.6 Å². The zero-order chi connectivity index (χ0) is 11.9. The maximum Gasteiger partial charge on any atom is 0.417 e. The molecule has 1 heterocycles. The summed E-state index contributed by atoms with van der Waals surface area (Å²) in [5, 5.41) is 8.40. The topological polar surface area (TPSA) is 36.7 Å². The fourth-order valence-corrected chi connectivity index (χ4v) is 1.72. The monoisotopic (exact) mass is 243 g/mol. The van der Waals surface area contributed by atoms with Gasteiger partial charge in [0.15, 0.2) is 0 Å². The Labute approximate surface area is 95.5 Å². The molecular formula is C10H6F3N2S-. The molecular weight excluding hydrogens is 237 g/mol. The van der Waals surface area contributed by atoms with Crippen LogP contribution in [-0.4, -0.2) is 4.98 Å². The van der Waals surface area contributed by atoms with E-state index in [1.54, 1.807) is 0 Å². The molecule has 0 saturated heterocycles. The van der Waals surface area contributed by atoms with Crippen molar-refractivity contribution in [2.75, 3.05) is 0 Å². The van der Waals surface area contributed by atoms with E-state index in [1.807, 2.05) is 0 Å². The van der Waals surface area contributed by atoms with Crippen LogP contribution >= 0.6 is 0 Å². The molecule has 84 valence electrons. The van der Waals surface area contributed by atoms with E-state index in [0.29, 0.717) is 5.69 Å². The lowest BCUT2D eigenvalue weighted by Crippen LogP contribution is -2.11. The second-order valence-electron chi connectivity index (χ2n) is 3.66. The minimum atomic E-state index is -4.55. The Morgan fingerprint density at radius 2 is 2.06 bits per heavy atom. The van der Waals surface area contributed by atoms with Crippen LogP contribution in [-0.2, 0) is 18.8 Å². The van der Waals surface area contributed by atoms with Gasteiger partial charge in [0.2, 0.25) is 0 Å². The first-order valence-electron chi connectivity index (χ1n) is 4.62. The SMILES string of the molecule is N#Cc1c(C(F)(F)F)cc(C2CC2)nc1[S-]. The molecule has 1 saturated carbocycles. The van der Waals surface area contributed by atoms with Gasteiger partial charge in [-0.2, -0.15) is 18.4 Å². The third-order valence-electron chi connectivity index (χ3n) is 2.42. The minimum Gasteiger partial charge on any atom is -0.759 e. The van der Waals surface area contributed by atoms with Crippen LogP contribution < -0.4 is 0 Å². The molecule has 1 fully saturated rings. The van der Waals surface area contributed by atoms with E-state index in [9.17, 15) is 13.2 Å². The van der Waals surface area contributed by atoms with Crippen molar-refractivity contribution in [1.29, 1.82) is 5.26 Å². The summed E-state index contributed by atoms with van der Waals surface area (Å²) in [5.41, 5.74) is -1.15. The highest BCUT2D eigenvalue weighted by Crippen LogP contribution is 2.42. The second-order valence-corrected chi connectivity index (χ2v) is 4.05. The van der Waals surface area contributed by atoms with E-state index in [-0.39, 0.29) is 10.9 Å². The van der Waals surface area contributed by atoms with E-state index in [1.165, 1.54) is 6.07 Å². The lowest BCUT2D eigenvalue weighted by molar-refractivity contribution is -0.138. The molecule has 0 atom stereocenters. The summed E-state index contributed by atoms with van der Waals surface area (Å²) in [4.78, 5) is 3.87. The predicted molar refractivity (Wildman–Crippen MR) is 51.6 cm³/mol. The largest absolute Gasteiger partial charge is 0.759 e. The van der Waals surface area contributed by atoms with Gasteiger partial charge in [-0.25, -0.2) is 0 Å². The Morgan fingerprint density at radius 1 is 1.44 bits per heavy atom. The van der Waals surface area contributed by atoms with E-state index in [4.69, 9.17) is 17.9 Å². The van der Waals surface area contributed by atoms with Gasteiger partial charge in [-0.1, -0.05) is 5.03 Å². The van der Waals surface area contributed by atoms with E-state index >= 15 is 0 Å². The number of nitriles is 1. The third-order valence-corrected chi connectivity index (χ3v) is 2.71. The zero-order valence-electron chi connectivity index (χ0n) is 8.01. The number of alkyl halides is 3. The molecule has 1 aliphatic rings. The molecule has 2 nitrogen and oxygen atoms in total. The van der Waals surface area contributed by atoms with Crippen LogP contribution in [0, 0.1) is 11.3 Å². The Bertz CT molecular complexity index is 472. The first-order valence-corrected chi connectivity index (χ1v) is 5.03. The number of hydrogen-bond donors (Lipinski definition) is 0. The first kappa shape index (κ1) is 11.1.